The number of alkyl halides is 3. The second-order valence-electron chi connectivity index (χ2n) is 9.77. The predicted octanol–water partition coefficient (Wildman–Crippen LogP) is 3.60. The van der Waals surface area contributed by atoms with Crippen LogP contribution in [0, 0.1) is 17.1 Å². The second kappa shape index (κ2) is 9.67. The maximum atomic E-state index is 14.5. The molecule has 4 aromatic heterocycles. The largest absolute Gasteiger partial charge is 0.436 e. The summed E-state index contributed by atoms with van der Waals surface area (Å²) >= 11 is 0. The van der Waals surface area contributed by atoms with Gasteiger partial charge in [-0.1, -0.05) is 0 Å². The minimum atomic E-state index is -5.07. The van der Waals surface area contributed by atoms with E-state index in [0.717, 1.165) is 28.1 Å². The summed E-state index contributed by atoms with van der Waals surface area (Å²) in [7, 11) is 0. The number of nitriles is 1. The molecule has 2 aliphatic heterocycles. The Morgan fingerprint density at radius 3 is 2.85 bits per heavy atom. The molecule has 2 atom stereocenters. The van der Waals surface area contributed by atoms with Crippen molar-refractivity contribution >= 4 is 16.9 Å². The van der Waals surface area contributed by atoms with Crippen LogP contribution in [0.5, 0.6) is 0 Å². The number of amides is 1. The van der Waals surface area contributed by atoms with Crippen molar-refractivity contribution in [3.05, 3.63) is 60.3 Å². The molecule has 10 nitrogen and oxygen atoms in total. The lowest BCUT2D eigenvalue weighted by atomic mass is 9.83. The van der Waals surface area contributed by atoms with Gasteiger partial charge in [0.1, 0.15) is 17.5 Å². The summed E-state index contributed by atoms with van der Waals surface area (Å²) in [5, 5.41) is 14.9. The Balaban J connectivity index is 1.18. The highest BCUT2D eigenvalue weighted by Gasteiger charge is 2.48. The lowest BCUT2D eigenvalue weighted by Gasteiger charge is -2.53. The Kier molecular flexibility index (Phi) is 5.68. The quantitative estimate of drug-likeness (QED) is 0.374. The fourth-order valence-corrected chi connectivity index (χ4v) is 5.27. The SMILES string of the molecule is [2H]C1CN(C(=O)c2ccnc(C(F)(F)F)c2F)CCC1([2H])N1CC(CC#N)(n2cc(-c3ncnc4[nH]ccc34)cn2)C1. The number of likely N-dealkylation sites (tertiary alicyclic amines) is 2. The summed E-state index contributed by atoms with van der Waals surface area (Å²) in [5.74, 6) is -2.76. The van der Waals surface area contributed by atoms with Crippen molar-refractivity contribution in [1.29, 1.82) is 5.26 Å². The predicted molar refractivity (Wildman–Crippen MR) is 133 cm³/mol. The molecule has 0 bridgehead atoms. The van der Waals surface area contributed by atoms with Gasteiger partial charge in [-0.15, -0.1) is 0 Å². The third-order valence-corrected chi connectivity index (χ3v) is 7.34. The van der Waals surface area contributed by atoms with Crippen LogP contribution >= 0.6 is 0 Å². The normalized spacial score (nSPS) is 23.8. The number of aromatic amines is 1. The number of rotatable bonds is 5. The summed E-state index contributed by atoms with van der Waals surface area (Å²) in [5.41, 5.74) is -1.26. The van der Waals surface area contributed by atoms with Crippen molar-refractivity contribution in [1.82, 2.24) is 39.5 Å². The van der Waals surface area contributed by atoms with Crippen LogP contribution in [-0.2, 0) is 11.7 Å². The summed E-state index contributed by atoms with van der Waals surface area (Å²) in [6.45, 7) is 0.145. The lowest BCUT2D eigenvalue weighted by molar-refractivity contribution is -0.143. The summed E-state index contributed by atoms with van der Waals surface area (Å²) in [6, 6.07) is 3.48. The first kappa shape index (κ1) is 23.5. The van der Waals surface area contributed by atoms with Gasteiger partial charge in [0.25, 0.3) is 5.91 Å². The molecule has 2 fully saturated rings. The number of hydrogen-bond acceptors (Lipinski definition) is 7. The van der Waals surface area contributed by atoms with Crippen LogP contribution in [0.4, 0.5) is 17.6 Å². The Morgan fingerprint density at radius 1 is 1.27 bits per heavy atom. The van der Waals surface area contributed by atoms with E-state index < -0.39 is 47.1 Å². The first-order valence-corrected chi connectivity index (χ1v) is 12.4. The van der Waals surface area contributed by atoms with Crippen molar-refractivity contribution in [3.8, 4) is 17.3 Å². The average Bonchev–Trinajstić information content (AvgIpc) is 3.61. The number of aromatic nitrogens is 6. The van der Waals surface area contributed by atoms with Gasteiger partial charge in [-0.3, -0.25) is 14.4 Å². The molecule has 1 amide bonds. The summed E-state index contributed by atoms with van der Waals surface area (Å²) in [6.07, 6.45) is 1.22. The molecule has 2 unspecified atom stereocenters. The Hall–Kier alpha value is -4.38. The van der Waals surface area contributed by atoms with E-state index in [1.54, 1.807) is 28.2 Å². The van der Waals surface area contributed by atoms with E-state index in [1.165, 1.54) is 6.33 Å². The number of carbonyl (C=O) groups is 1. The molecule has 6 heterocycles. The number of halogens is 4. The van der Waals surface area contributed by atoms with Crippen molar-refractivity contribution < 1.29 is 25.1 Å². The number of pyridine rings is 1. The maximum Gasteiger partial charge on any atom is 0.436 e. The van der Waals surface area contributed by atoms with Crippen LogP contribution in [0.3, 0.4) is 0 Å². The first-order valence-electron chi connectivity index (χ1n) is 13.4. The topological polar surface area (TPSA) is 120 Å². The minimum absolute atomic E-state index is 0.00509. The molecule has 14 heteroatoms. The van der Waals surface area contributed by atoms with Crippen LogP contribution in [0.25, 0.3) is 22.3 Å². The highest BCUT2D eigenvalue weighted by molar-refractivity contribution is 5.94. The van der Waals surface area contributed by atoms with Gasteiger partial charge in [0.15, 0.2) is 11.5 Å². The standard InChI is InChI=1S/C26H23F4N9O/c27-20-18(1-7-32-22(20)26(28,29)30)24(40)37-9-3-17(4-10-37)38-13-25(14-38,5-6-31)39-12-16(11-36-39)21-19-2-8-33-23(19)35-15-34-21/h1-2,7-8,11-12,15,17H,3-5,9-10,13-14H2,(H,33,34,35)/i3D,17D. The zero-order chi connectivity index (χ0) is 29.9. The fraction of sp³-hybridized carbons (Fsp3) is 0.385. The Labute approximate surface area is 228 Å². The van der Waals surface area contributed by atoms with Crippen molar-refractivity contribution in [2.24, 2.45) is 0 Å². The van der Waals surface area contributed by atoms with E-state index in [9.17, 15) is 27.6 Å². The van der Waals surface area contributed by atoms with Crippen molar-refractivity contribution in [2.45, 2.75) is 37.0 Å². The molecule has 0 aromatic carbocycles. The van der Waals surface area contributed by atoms with Gasteiger partial charge in [-0.2, -0.15) is 23.5 Å². The van der Waals surface area contributed by atoms with Gasteiger partial charge >= 0.3 is 6.18 Å². The van der Waals surface area contributed by atoms with Gasteiger partial charge in [0.2, 0.25) is 0 Å². The highest BCUT2D eigenvalue weighted by atomic mass is 19.4. The van der Waals surface area contributed by atoms with E-state index in [2.05, 4.69) is 31.1 Å². The van der Waals surface area contributed by atoms with E-state index in [4.69, 9.17) is 2.74 Å². The number of nitrogens with zero attached hydrogens (tertiary/aromatic N) is 8. The maximum absolute atomic E-state index is 14.5. The number of piperidine rings is 1. The van der Waals surface area contributed by atoms with Gasteiger partial charge < -0.3 is 9.88 Å². The zero-order valence-corrected chi connectivity index (χ0v) is 20.9. The van der Waals surface area contributed by atoms with Crippen molar-refractivity contribution in [3.63, 3.8) is 0 Å². The molecule has 0 saturated carbocycles. The smallest absolute Gasteiger partial charge is 0.346 e. The van der Waals surface area contributed by atoms with E-state index in [1.807, 2.05) is 6.07 Å². The number of nitrogens with one attached hydrogen (secondary N) is 1. The van der Waals surface area contributed by atoms with E-state index >= 15 is 0 Å². The Bertz CT molecular complexity index is 1710. The molecule has 6 rings (SSSR count). The van der Waals surface area contributed by atoms with Gasteiger partial charge in [0.05, 0.1) is 29.9 Å². The van der Waals surface area contributed by atoms with E-state index in [-0.39, 0.29) is 39.0 Å². The highest BCUT2D eigenvalue weighted by Crippen LogP contribution is 2.37. The number of carbonyl (C=O) groups excluding carboxylic acids is 1. The van der Waals surface area contributed by atoms with Crippen LogP contribution in [-0.4, -0.2) is 77.6 Å². The van der Waals surface area contributed by atoms with E-state index in [0.29, 0.717) is 11.3 Å². The average molecular weight is 556 g/mol. The van der Waals surface area contributed by atoms with Gasteiger partial charge in [-0.25, -0.2) is 19.3 Å². The molecule has 1 N–H and O–H groups in total. The second-order valence-corrected chi connectivity index (χ2v) is 9.77. The van der Waals surface area contributed by atoms with Crippen LogP contribution < -0.4 is 0 Å². The molecule has 4 aromatic rings. The molecule has 2 aliphatic rings. The molecule has 0 radical (unpaired) electrons. The monoisotopic (exact) mass is 555 g/mol. The Morgan fingerprint density at radius 2 is 2.10 bits per heavy atom. The first-order chi connectivity index (χ1) is 20.0. The fourth-order valence-electron chi connectivity index (χ4n) is 5.27. The minimum Gasteiger partial charge on any atom is -0.346 e. The third-order valence-electron chi connectivity index (χ3n) is 7.34. The van der Waals surface area contributed by atoms with Crippen LogP contribution in [0.2, 0.25) is 0 Å². The summed E-state index contributed by atoms with van der Waals surface area (Å²) in [4.78, 5) is 30.4. The molecule has 0 spiro atoms. The molecular formula is C26H23F4N9O. The third kappa shape index (κ3) is 4.36. The molecule has 2 saturated heterocycles. The number of fused-ring (bicyclic) bond motifs is 1. The van der Waals surface area contributed by atoms with Gasteiger partial charge in [0, 0.05) is 64.5 Å². The lowest BCUT2D eigenvalue weighted by Crippen LogP contribution is -2.66. The van der Waals surface area contributed by atoms with Crippen LogP contribution in [0.15, 0.2) is 43.2 Å². The van der Waals surface area contributed by atoms with Gasteiger partial charge in [-0.05, 0) is 25.0 Å². The zero-order valence-electron chi connectivity index (χ0n) is 22.9. The number of hydrogen-bond donors (Lipinski definition) is 1. The molecule has 40 heavy (non-hydrogen) atoms. The molecular weight excluding hydrogens is 530 g/mol. The van der Waals surface area contributed by atoms with Crippen LogP contribution in [0.1, 0.15) is 38.0 Å². The molecule has 0 aliphatic carbocycles. The summed E-state index contributed by atoms with van der Waals surface area (Å²) < 4.78 is 73.3. The number of H-pyrrole nitrogens is 1. The molecule has 206 valence electrons. The van der Waals surface area contributed by atoms with Crippen molar-refractivity contribution in [2.75, 3.05) is 26.2 Å².